The van der Waals surface area contributed by atoms with Crippen molar-refractivity contribution in [2.24, 2.45) is 7.05 Å². The van der Waals surface area contributed by atoms with Crippen molar-refractivity contribution < 1.29 is 24.3 Å². The number of amides is 1. The second kappa shape index (κ2) is 7.36. The highest BCUT2D eigenvalue weighted by molar-refractivity contribution is 5.68. The van der Waals surface area contributed by atoms with Gasteiger partial charge in [-0.1, -0.05) is 0 Å². The summed E-state index contributed by atoms with van der Waals surface area (Å²) in [6.07, 6.45) is -0.207. The zero-order valence-corrected chi connectivity index (χ0v) is 14.8. The second-order valence-corrected chi connectivity index (χ2v) is 7.02. The molecule has 1 aromatic heterocycles. The van der Waals surface area contributed by atoms with Gasteiger partial charge in [0, 0.05) is 7.05 Å². The van der Waals surface area contributed by atoms with E-state index in [1.807, 2.05) is 0 Å². The van der Waals surface area contributed by atoms with Crippen molar-refractivity contribution in [2.75, 3.05) is 6.61 Å². The zero-order chi connectivity index (χ0) is 18.8. The number of nitrogens with zero attached hydrogens (tertiary/aromatic N) is 3. The van der Waals surface area contributed by atoms with Crippen LogP contribution in [0.25, 0.3) is 0 Å². The van der Waals surface area contributed by atoms with Crippen LogP contribution in [0, 0.1) is 10.1 Å². The Labute approximate surface area is 145 Å². The maximum atomic E-state index is 11.9. The fraction of sp³-hybridized carbons (Fsp3) is 0.733. The van der Waals surface area contributed by atoms with E-state index in [2.05, 4.69) is 10.4 Å². The van der Waals surface area contributed by atoms with Crippen LogP contribution in [0.4, 0.5) is 10.5 Å². The summed E-state index contributed by atoms with van der Waals surface area (Å²) in [7, 11) is 1.60. The first-order valence-electron chi connectivity index (χ1n) is 8.04. The van der Waals surface area contributed by atoms with E-state index in [1.165, 1.54) is 10.9 Å². The first-order valence-corrected chi connectivity index (χ1v) is 8.04. The molecule has 0 aliphatic carbocycles. The van der Waals surface area contributed by atoms with Crippen molar-refractivity contribution in [1.29, 1.82) is 0 Å². The third kappa shape index (κ3) is 4.89. The summed E-state index contributed by atoms with van der Waals surface area (Å²) in [5, 5.41) is 27.9. The maximum absolute atomic E-state index is 11.9. The number of nitro groups is 1. The number of hydrogen-bond donors (Lipinski definition) is 2. The monoisotopic (exact) mass is 356 g/mol. The molecule has 1 aromatic rings. The summed E-state index contributed by atoms with van der Waals surface area (Å²) >= 11 is 0. The van der Waals surface area contributed by atoms with Crippen LogP contribution < -0.4 is 5.32 Å². The van der Waals surface area contributed by atoms with Crippen molar-refractivity contribution in [3.05, 3.63) is 22.0 Å². The average molecular weight is 356 g/mol. The number of aliphatic hydroxyl groups is 1. The Kier molecular flexibility index (Phi) is 5.63. The van der Waals surface area contributed by atoms with Crippen LogP contribution in [-0.2, 0) is 16.5 Å². The van der Waals surface area contributed by atoms with Gasteiger partial charge in [-0.25, -0.2) is 4.79 Å². The van der Waals surface area contributed by atoms with Gasteiger partial charge in [0.15, 0.2) is 0 Å². The van der Waals surface area contributed by atoms with Gasteiger partial charge >= 0.3 is 11.8 Å². The molecule has 25 heavy (non-hydrogen) atoms. The van der Waals surface area contributed by atoms with Gasteiger partial charge in [0.1, 0.15) is 23.6 Å². The number of rotatable bonds is 3. The molecule has 1 saturated heterocycles. The predicted octanol–water partition coefficient (Wildman–Crippen LogP) is 1.43. The summed E-state index contributed by atoms with van der Waals surface area (Å²) in [6, 6.07) is -0.563. The first kappa shape index (κ1) is 19.1. The lowest BCUT2D eigenvalue weighted by Gasteiger charge is -2.24. The number of aryl methyl sites for hydroxylation is 1. The molecule has 1 fully saturated rings. The minimum atomic E-state index is -0.940. The van der Waals surface area contributed by atoms with Gasteiger partial charge < -0.3 is 19.9 Å². The Bertz CT molecular complexity index is 638. The molecule has 0 unspecified atom stereocenters. The largest absolute Gasteiger partial charge is 0.444 e. The molecule has 0 saturated carbocycles. The molecule has 2 rings (SSSR count). The average Bonchev–Trinajstić information content (AvgIpc) is 2.77. The number of ether oxygens (including phenoxy) is 2. The molecular weight excluding hydrogens is 332 g/mol. The maximum Gasteiger partial charge on any atom is 0.407 e. The number of aromatic nitrogens is 2. The summed E-state index contributed by atoms with van der Waals surface area (Å²) in [6.45, 7) is 5.18. The normalized spacial score (nSPS) is 24.4. The van der Waals surface area contributed by atoms with Crippen molar-refractivity contribution in [3.63, 3.8) is 0 Å². The number of alkyl carbamates (subject to hydrolysis) is 1. The van der Waals surface area contributed by atoms with Gasteiger partial charge in [0.05, 0.1) is 23.7 Å². The highest BCUT2D eigenvalue weighted by Crippen LogP contribution is 2.33. The van der Waals surface area contributed by atoms with Gasteiger partial charge in [-0.2, -0.15) is 5.10 Å². The highest BCUT2D eigenvalue weighted by Gasteiger charge is 2.34. The standard InChI is InChI=1S/C15H24N4O6/c1-15(2,3)25-14(21)17-9-5-6-12(24-8-11(9)20)13-10(19(22)23)7-16-18(13)4/h7,9,11-12,20H,5-6,8H2,1-4H3,(H,17,21)/t9-,11-,12+/m1/s1. The molecular formula is C15H24N4O6. The van der Waals surface area contributed by atoms with Gasteiger partial charge in [0.25, 0.3) is 0 Å². The topological polar surface area (TPSA) is 129 Å². The molecule has 2 heterocycles. The predicted molar refractivity (Wildman–Crippen MR) is 87.0 cm³/mol. The molecule has 0 radical (unpaired) electrons. The lowest BCUT2D eigenvalue weighted by atomic mass is 10.0. The number of carbonyl (C=O) groups is 1. The van der Waals surface area contributed by atoms with Crippen molar-refractivity contribution in [3.8, 4) is 0 Å². The number of nitrogens with one attached hydrogen (secondary N) is 1. The molecule has 1 amide bonds. The van der Waals surface area contributed by atoms with E-state index in [1.54, 1.807) is 27.8 Å². The highest BCUT2D eigenvalue weighted by atomic mass is 16.6. The van der Waals surface area contributed by atoms with Crippen LogP contribution >= 0.6 is 0 Å². The SMILES string of the molecule is Cn1ncc([N+](=O)[O-])c1[C@@H]1CC[C@@H](NC(=O)OC(C)(C)C)[C@H](O)CO1. The van der Waals surface area contributed by atoms with Crippen molar-refractivity contribution >= 4 is 11.8 Å². The van der Waals surface area contributed by atoms with Crippen LogP contribution in [0.1, 0.15) is 45.4 Å². The smallest absolute Gasteiger partial charge is 0.407 e. The van der Waals surface area contributed by atoms with Gasteiger partial charge in [0.2, 0.25) is 0 Å². The summed E-state index contributed by atoms with van der Waals surface area (Å²) in [5.41, 5.74) is -0.427. The van der Waals surface area contributed by atoms with Crippen molar-refractivity contribution in [1.82, 2.24) is 15.1 Å². The Hall–Kier alpha value is -2.20. The fourth-order valence-electron chi connectivity index (χ4n) is 2.73. The van der Waals surface area contributed by atoms with Crippen LogP contribution in [0.5, 0.6) is 0 Å². The van der Waals surface area contributed by atoms with E-state index < -0.39 is 34.9 Å². The molecule has 1 aliphatic rings. The molecule has 10 nitrogen and oxygen atoms in total. The molecule has 10 heteroatoms. The third-order valence-electron chi connectivity index (χ3n) is 3.84. The Morgan fingerprint density at radius 1 is 1.52 bits per heavy atom. The fourth-order valence-corrected chi connectivity index (χ4v) is 2.73. The lowest BCUT2D eigenvalue weighted by molar-refractivity contribution is -0.386. The molecule has 3 atom stereocenters. The molecule has 0 spiro atoms. The molecule has 1 aliphatic heterocycles. The van der Waals surface area contributed by atoms with E-state index in [9.17, 15) is 20.0 Å². The minimum absolute atomic E-state index is 0.0620. The van der Waals surface area contributed by atoms with Gasteiger partial charge in [-0.05, 0) is 33.6 Å². The quantitative estimate of drug-likeness (QED) is 0.619. The van der Waals surface area contributed by atoms with Crippen LogP contribution in [0.15, 0.2) is 6.20 Å². The summed E-state index contributed by atoms with van der Waals surface area (Å²) < 4.78 is 12.2. The number of aliphatic hydroxyl groups excluding tert-OH is 1. The van der Waals surface area contributed by atoms with E-state index in [0.29, 0.717) is 18.5 Å². The lowest BCUT2D eigenvalue weighted by Crippen LogP contribution is -2.46. The van der Waals surface area contributed by atoms with E-state index >= 15 is 0 Å². The van der Waals surface area contributed by atoms with Gasteiger partial charge in [-0.15, -0.1) is 0 Å². The van der Waals surface area contributed by atoms with Gasteiger partial charge in [-0.3, -0.25) is 14.8 Å². The Morgan fingerprint density at radius 2 is 2.20 bits per heavy atom. The summed E-state index contributed by atoms with van der Waals surface area (Å²) in [5.74, 6) is 0. The van der Waals surface area contributed by atoms with Crippen molar-refractivity contribution in [2.45, 2.75) is 57.5 Å². The Morgan fingerprint density at radius 3 is 2.80 bits per heavy atom. The molecule has 140 valence electrons. The van der Waals surface area contributed by atoms with E-state index in [-0.39, 0.29) is 12.3 Å². The van der Waals surface area contributed by atoms with Crippen LogP contribution in [-0.4, -0.2) is 50.3 Å². The molecule has 0 bridgehead atoms. The number of hydrogen-bond acceptors (Lipinski definition) is 7. The third-order valence-corrected chi connectivity index (χ3v) is 3.84. The first-order chi connectivity index (χ1) is 11.6. The van der Waals surface area contributed by atoms with Crippen LogP contribution in [0.2, 0.25) is 0 Å². The molecule has 2 N–H and O–H groups in total. The second-order valence-electron chi connectivity index (χ2n) is 7.02. The minimum Gasteiger partial charge on any atom is -0.444 e. The van der Waals surface area contributed by atoms with E-state index in [0.717, 1.165) is 0 Å². The summed E-state index contributed by atoms with van der Waals surface area (Å²) in [4.78, 5) is 22.5. The zero-order valence-electron chi connectivity index (χ0n) is 14.8. The van der Waals surface area contributed by atoms with Crippen LogP contribution in [0.3, 0.4) is 0 Å². The molecule has 0 aromatic carbocycles. The Balaban J connectivity index is 2.07. The number of carbonyl (C=O) groups excluding carboxylic acids is 1. The van der Waals surface area contributed by atoms with E-state index in [4.69, 9.17) is 9.47 Å².